The molecule has 2 amide bonds. The predicted octanol–water partition coefficient (Wildman–Crippen LogP) is 12.0. The number of aryl methyl sites for hydroxylation is 1. The normalized spacial score (nSPS) is 15.1. The fraction of sp³-hybridized carbons (Fsp3) is 0.158. The van der Waals surface area contributed by atoms with E-state index in [0.717, 1.165) is 58.6 Å². The van der Waals surface area contributed by atoms with Gasteiger partial charge in [-0.15, -0.1) is 0 Å². The summed E-state index contributed by atoms with van der Waals surface area (Å²) in [5, 5.41) is 32.3. The molecule has 2 aliphatic rings. The van der Waals surface area contributed by atoms with Crippen molar-refractivity contribution in [3.8, 4) is 22.3 Å². The van der Waals surface area contributed by atoms with E-state index in [4.69, 9.17) is 21.8 Å². The van der Waals surface area contributed by atoms with Crippen LogP contribution in [0.1, 0.15) is 78.4 Å². The van der Waals surface area contributed by atoms with Crippen LogP contribution in [0, 0.1) is 6.92 Å². The molecule has 0 spiro atoms. The van der Waals surface area contributed by atoms with Gasteiger partial charge < -0.3 is 20.2 Å². The molecule has 4 heterocycles. The number of nitrogens with one attached hydrogen (secondary N) is 2. The number of amides is 2. The Morgan fingerprint density at radius 2 is 0.959 bits per heavy atom. The molecule has 17 heteroatoms. The number of halogens is 3. The Hall–Kier alpha value is -7.79. The van der Waals surface area contributed by atoms with Crippen molar-refractivity contribution in [1.29, 1.82) is 0 Å². The van der Waals surface area contributed by atoms with Crippen LogP contribution in [0.4, 0.5) is 0 Å². The quantitative estimate of drug-likeness (QED) is 0.0924. The van der Waals surface area contributed by atoms with Crippen molar-refractivity contribution in [2.75, 3.05) is 0 Å². The molecule has 0 bridgehead atoms. The Kier molecular flexibility index (Phi) is 15.3. The number of carbonyl (C=O) groups is 4. The number of pyridine rings is 2. The number of fused-ring (bicyclic) bond motifs is 2. The number of carbonyl (C=O) groups excluding carboxylic acids is 2. The average Bonchev–Trinajstić information content (AvgIpc) is 4.04. The maximum Gasteiger partial charge on any atom is 0.303 e. The zero-order valence-electron chi connectivity index (χ0n) is 39.5. The molecule has 0 radical (unpaired) electrons. The van der Waals surface area contributed by atoms with Gasteiger partial charge in [-0.05, 0) is 83.8 Å². The van der Waals surface area contributed by atoms with Crippen LogP contribution in [-0.4, -0.2) is 65.4 Å². The van der Waals surface area contributed by atoms with E-state index in [1.54, 1.807) is 18.2 Å². The number of aromatic amines is 2. The van der Waals surface area contributed by atoms with E-state index in [0.29, 0.717) is 45.1 Å². The predicted molar refractivity (Wildman–Crippen MR) is 293 cm³/mol. The molecule has 2 atom stereocenters. The Balaban J connectivity index is 0.000000182. The molecule has 372 valence electrons. The van der Waals surface area contributed by atoms with Crippen LogP contribution in [-0.2, 0) is 19.2 Å². The number of rotatable bonds is 12. The number of hydrogen-bond acceptors (Lipinski definition) is 8. The summed E-state index contributed by atoms with van der Waals surface area (Å²) in [6, 6.07) is 44.5. The number of hydrogen-bond donors (Lipinski definition) is 4. The third kappa shape index (κ3) is 11.1. The molecule has 8 aromatic rings. The topological polar surface area (TPSA) is 206 Å². The fourth-order valence-electron chi connectivity index (χ4n) is 9.36. The smallest absolute Gasteiger partial charge is 0.303 e. The number of H-pyrrole nitrogens is 2. The Morgan fingerprint density at radius 3 is 1.38 bits per heavy atom. The summed E-state index contributed by atoms with van der Waals surface area (Å²) in [5.74, 6) is -2.94. The van der Waals surface area contributed by atoms with Gasteiger partial charge in [-0.2, -0.15) is 10.2 Å². The highest BCUT2D eigenvalue weighted by atomic mass is 79.9. The zero-order valence-corrected chi connectivity index (χ0v) is 43.4. The summed E-state index contributed by atoms with van der Waals surface area (Å²) < 4.78 is 1.78. The van der Waals surface area contributed by atoms with Crippen molar-refractivity contribution in [3.63, 3.8) is 0 Å². The van der Waals surface area contributed by atoms with E-state index in [-0.39, 0.29) is 43.2 Å². The Labute approximate surface area is 445 Å². The van der Waals surface area contributed by atoms with Gasteiger partial charge in [0.1, 0.15) is 0 Å². The van der Waals surface area contributed by atoms with Gasteiger partial charge in [-0.3, -0.25) is 28.8 Å². The standard InChI is InChI=1S/C29H24BrN3O4.C28H21BrClN3O4/c1-17-7-12-22-21(15-17)27(19-5-3-2-4-6-19)28(29(37)31-22)23-16-24(18-8-10-20(30)11-9-18)33(32-23)25(34)13-14-26(35)36;29-18-8-6-16(7-9-18)23-15-22(32-33(23)24(34)12-13-25(35)36)27-26(17-4-2-1-3-5-17)20-14-19(30)10-11-21(20)31-28(27)37/h2-12,15,24H,13-14,16H2,1H3,(H,31,37)(H,35,36);1-11,14,23H,12-13,15H2,(H,31,37)(H,35,36). The summed E-state index contributed by atoms with van der Waals surface area (Å²) in [6.07, 6.45) is -0.377. The molecule has 6 aromatic carbocycles. The van der Waals surface area contributed by atoms with Crippen LogP contribution >= 0.6 is 43.5 Å². The third-order valence-corrected chi connectivity index (χ3v) is 14.1. The molecule has 2 unspecified atom stereocenters. The second kappa shape index (κ2) is 22.1. The van der Waals surface area contributed by atoms with Gasteiger partial charge in [0.2, 0.25) is 11.8 Å². The maximum absolute atomic E-state index is 13.6. The highest BCUT2D eigenvalue weighted by molar-refractivity contribution is 9.10. The van der Waals surface area contributed by atoms with Gasteiger partial charge in [-0.25, -0.2) is 10.0 Å². The van der Waals surface area contributed by atoms with E-state index in [1.165, 1.54) is 10.0 Å². The van der Waals surface area contributed by atoms with Gasteiger partial charge in [0, 0.05) is 72.6 Å². The minimum atomic E-state index is -1.06. The average molecular weight is 1140 g/mol. The van der Waals surface area contributed by atoms with Crippen LogP contribution in [0.15, 0.2) is 174 Å². The molecule has 10 rings (SSSR count). The second-order valence-electron chi connectivity index (χ2n) is 17.8. The lowest BCUT2D eigenvalue weighted by molar-refractivity contribution is -0.141. The minimum Gasteiger partial charge on any atom is -0.481 e. The maximum atomic E-state index is 13.6. The van der Waals surface area contributed by atoms with Gasteiger partial charge in [-0.1, -0.05) is 140 Å². The van der Waals surface area contributed by atoms with Crippen LogP contribution in [0.5, 0.6) is 0 Å². The van der Waals surface area contributed by atoms with Gasteiger partial charge in [0.05, 0.1) is 47.5 Å². The van der Waals surface area contributed by atoms with Crippen molar-refractivity contribution < 1.29 is 29.4 Å². The molecular weight excluding hydrogens is 1090 g/mol. The van der Waals surface area contributed by atoms with Crippen LogP contribution in [0.2, 0.25) is 5.02 Å². The highest BCUT2D eigenvalue weighted by Gasteiger charge is 2.37. The van der Waals surface area contributed by atoms with Crippen molar-refractivity contribution >= 4 is 100 Å². The molecule has 0 fully saturated rings. The van der Waals surface area contributed by atoms with Gasteiger partial charge in [0.15, 0.2) is 0 Å². The van der Waals surface area contributed by atoms with Crippen LogP contribution < -0.4 is 11.1 Å². The molecule has 2 aliphatic heterocycles. The SMILES string of the molecule is Cc1ccc2[nH]c(=O)c(C3=NN(C(=O)CCC(=O)O)C(c4ccc(Br)cc4)C3)c(-c3ccccc3)c2c1.O=C(O)CCC(=O)N1N=C(c2c(-c3ccccc3)c3cc(Cl)ccc3[nH]c2=O)CC1c1ccc(Br)cc1. The van der Waals surface area contributed by atoms with Crippen LogP contribution in [0.25, 0.3) is 44.1 Å². The molecule has 0 saturated heterocycles. The fourth-order valence-corrected chi connectivity index (χ4v) is 10.1. The zero-order chi connectivity index (χ0) is 52.2. The largest absolute Gasteiger partial charge is 0.481 e. The number of nitrogens with zero attached hydrogens (tertiary/aromatic N) is 4. The number of aliphatic carboxylic acids is 2. The first-order chi connectivity index (χ1) is 35.6. The monoisotopic (exact) mass is 1130 g/mol. The molecule has 0 saturated carbocycles. The minimum absolute atomic E-state index is 0.183. The summed E-state index contributed by atoms with van der Waals surface area (Å²) in [4.78, 5) is 81.5. The molecule has 14 nitrogen and oxygen atoms in total. The summed E-state index contributed by atoms with van der Waals surface area (Å²) in [5.41, 5.74) is 8.28. The Morgan fingerprint density at radius 1 is 0.554 bits per heavy atom. The molecule has 0 aliphatic carbocycles. The molecule has 4 N–H and O–H groups in total. The first-order valence-corrected chi connectivity index (χ1v) is 25.5. The number of hydrazone groups is 2. The van der Waals surface area contributed by atoms with Crippen molar-refractivity contribution in [3.05, 3.63) is 208 Å². The summed E-state index contributed by atoms with van der Waals surface area (Å²) in [7, 11) is 0. The second-order valence-corrected chi connectivity index (χ2v) is 20.0. The van der Waals surface area contributed by atoms with E-state index in [1.807, 2.05) is 134 Å². The number of carboxylic acid groups (broad SMARTS) is 2. The number of carboxylic acids is 2. The lowest BCUT2D eigenvalue weighted by Gasteiger charge is -2.22. The first-order valence-electron chi connectivity index (χ1n) is 23.5. The number of aromatic nitrogens is 2. The van der Waals surface area contributed by atoms with Crippen molar-refractivity contribution in [1.82, 2.24) is 20.0 Å². The molecule has 2 aromatic heterocycles. The first kappa shape index (κ1) is 51.1. The third-order valence-electron chi connectivity index (χ3n) is 12.8. The van der Waals surface area contributed by atoms with E-state index in [9.17, 15) is 28.8 Å². The highest BCUT2D eigenvalue weighted by Crippen LogP contribution is 2.40. The van der Waals surface area contributed by atoms with E-state index < -0.39 is 35.8 Å². The Bertz CT molecular complexity index is 3440. The number of benzene rings is 6. The van der Waals surface area contributed by atoms with Gasteiger partial charge in [0.25, 0.3) is 11.1 Å². The van der Waals surface area contributed by atoms with Crippen LogP contribution in [0.3, 0.4) is 0 Å². The summed E-state index contributed by atoms with van der Waals surface area (Å²) in [6.45, 7) is 2.00. The lowest BCUT2D eigenvalue weighted by Crippen LogP contribution is -2.27. The van der Waals surface area contributed by atoms with E-state index in [2.05, 4.69) is 52.0 Å². The van der Waals surface area contributed by atoms with Gasteiger partial charge >= 0.3 is 11.9 Å². The van der Waals surface area contributed by atoms with Crippen molar-refractivity contribution in [2.24, 2.45) is 10.2 Å². The van der Waals surface area contributed by atoms with E-state index >= 15 is 0 Å². The van der Waals surface area contributed by atoms with Crippen molar-refractivity contribution in [2.45, 2.75) is 57.5 Å². The molecular formula is C57H45Br2ClN6O8. The summed E-state index contributed by atoms with van der Waals surface area (Å²) >= 11 is 13.2. The lowest BCUT2D eigenvalue weighted by atomic mass is 9.90. The molecule has 74 heavy (non-hydrogen) atoms.